The predicted octanol–water partition coefficient (Wildman–Crippen LogP) is 2.15. The van der Waals surface area contributed by atoms with Gasteiger partial charge in [-0.05, 0) is 46.9 Å². The third-order valence-electron chi connectivity index (χ3n) is 1.33. The van der Waals surface area contributed by atoms with E-state index >= 15 is 0 Å². The van der Waals surface area contributed by atoms with Crippen LogP contribution in [0.2, 0.25) is 0 Å². The first-order valence-corrected chi connectivity index (χ1v) is 5.62. The fraction of sp³-hybridized carbons (Fsp3) is 0. The van der Waals surface area contributed by atoms with Crippen molar-refractivity contribution in [2.24, 2.45) is 0 Å². The molecule has 2 rings (SSSR count). The predicted molar refractivity (Wildman–Crippen MR) is 58.1 cm³/mol. The summed E-state index contributed by atoms with van der Waals surface area (Å²) in [6, 6.07) is 0. The molecular formula is C8H8N2O2S2. The van der Waals surface area contributed by atoms with Crippen LogP contribution in [0.3, 0.4) is 0 Å². The zero-order valence-corrected chi connectivity index (χ0v) is 8.73. The van der Waals surface area contributed by atoms with Crippen molar-refractivity contribution in [2.45, 2.75) is 0 Å². The van der Waals surface area contributed by atoms with Crippen LogP contribution in [0.4, 0.5) is 0 Å². The zero-order chi connectivity index (χ0) is 9.64. The minimum Gasteiger partial charge on any atom is -0.293 e. The fourth-order valence-corrected chi connectivity index (χ4v) is 1.65. The lowest BCUT2D eigenvalue weighted by atomic mass is 10.6. The second-order valence-electron chi connectivity index (χ2n) is 2.33. The molecule has 2 aliphatic heterocycles. The molecule has 6 heteroatoms. The Bertz CT molecular complexity index is 291. The molecule has 0 aromatic rings. The maximum Gasteiger partial charge on any atom is 0.254 e. The van der Waals surface area contributed by atoms with E-state index in [1.807, 2.05) is 23.0 Å². The van der Waals surface area contributed by atoms with Crippen molar-refractivity contribution < 1.29 is 9.78 Å². The van der Waals surface area contributed by atoms with Crippen molar-refractivity contribution in [2.75, 3.05) is 0 Å². The van der Waals surface area contributed by atoms with Crippen LogP contribution in [0.5, 0.6) is 0 Å². The van der Waals surface area contributed by atoms with Crippen LogP contribution in [0.1, 0.15) is 0 Å². The Morgan fingerprint density at radius 2 is 1.36 bits per heavy atom. The Morgan fingerprint density at radius 1 is 0.857 bits per heavy atom. The summed E-state index contributed by atoms with van der Waals surface area (Å²) < 4.78 is 5.85. The molecule has 0 saturated carbocycles. The first-order valence-electron chi connectivity index (χ1n) is 3.87. The molecule has 0 aromatic heterocycles. The van der Waals surface area contributed by atoms with Gasteiger partial charge in [0, 0.05) is 12.2 Å². The highest BCUT2D eigenvalue weighted by atomic mass is 32.2. The standard InChI is InChI=1S/C8H8N2O2S2/c1-3-7(9-13-5-1)11-12-8-4-2-6-14-10-8/h1-6,9-10H. The number of hydrogen-bond donors (Lipinski definition) is 2. The van der Waals surface area contributed by atoms with E-state index in [-0.39, 0.29) is 0 Å². The smallest absolute Gasteiger partial charge is 0.254 e. The lowest BCUT2D eigenvalue weighted by molar-refractivity contribution is -0.231. The molecular weight excluding hydrogens is 220 g/mol. The highest BCUT2D eigenvalue weighted by Gasteiger charge is 2.05. The summed E-state index contributed by atoms with van der Waals surface area (Å²) in [4.78, 5) is 10.0. The first kappa shape index (κ1) is 9.42. The van der Waals surface area contributed by atoms with E-state index in [0.29, 0.717) is 11.8 Å². The summed E-state index contributed by atoms with van der Waals surface area (Å²) in [5.74, 6) is 1.14. The summed E-state index contributed by atoms with van der Waals surface area (Å²) in [6.07, 6.45) is 7.31. The van der Waals surface area contributed by atoms with Crippen LogP contribution >= 0.6 is 23.9 Å². The quantitative estimate of drug-likeness (QED) is 0.438. The molecule has 0 aromatic carbocycles. The van der Waals surface area contributed by atoms with E-state index < -0.39 is 0 Å². The molecule has 74 valence electrons. The third kappa shape index (κ3) is 2.68. The first-order chi connectivity index (χ1) is 6.95. The average molecular weight is 228 g/mol. The molecule has 0 spiro atoms. The van der Waals surface area contributed by atoms with Crippen LogP contribution in [-0.2, 0) is 9.78 Å². The van der Waals surface area contributed by atoms with Gasteiger partial charge in [-0.25, -0.2) is 0 Å². The molecule has 0 saturated heterocycles. The molecule has 0 fully saturated rings. The largest absolute Gasteiger partial charge is 0.293 e. The van der Waals surface area contributed by atoms with Crippen molar-refractivity contribution in [3.05, 3.63) is 46.9 Å². The van der Waals surface area contributed by atoms with Gasteiger partial charge in [-0.15, -0.1) is 0 Å². The van der Waals surface area contributed by atoms with Gasteiger partial charge in [-0.3, -0.25) is 19.2 Å². The maximum atomic E-state index is 5.02. The summed E-state index contributed by atoms with van der Waals surface area (Å²) >= 11 is 2.85. The van der Waals surface area contributed by atoms with Gasteiger partial charge in [0.25, 0.3) is 11.8 Å². The van der Waals surface area contributed by atoms with Crippen molar-refractivity contribution in [3.8, 4) is 0 Å². The molecule has 0 unspecified atom stereocenters. The van der Waals surface area contributed by atoms with E-state index in [9.17, 15) is 0 Å². The summed E-state index contributed by atoms with van der Waals surface area (Å²) in [5.41, 5.74) is 0. The topological polar surface area (TPSA) is 42.5 Å². The fourth-order valence-electron chi connectivity index (χ4n) is 0.764. The van der Waals surface area contributed by atoms with E-state index in [4.69, 9.17) is 9.78 Å². The summed E-state index contributed by atoms with van der Waals surface area (Å²) in [6.45, 7) is 0. The molecule has 0 aliphatic carbocycles. The monoisotopic (exact) mass is 228 g/mol. The third-order valence-corrected chi connectivity index (χ3v) is 2.55. The van der Waals surface area contributed by atoms with E-state index in [1.165, 1.54) is 23.9 Å². The van der Waals surface area contributed by atoms with Crippen LogP contribution in [0.15, 0.2) is 46.9 Å². The average Bonchev–Trinajstić information content (AvgIpc) is 2.29. The van der Waals surface area contributed by atoms with Gasteiger partial charge in [0.05, 0.1) is 0 Å². The Kier molecular flexibility index (Phi) is 3.31. The lowest BCUT2D eigenvalue weighted by Crippen LogP contribution is -2.13. The minimum atomic E-state index is 0.569. The second-order valence-corrected chi connectivity index (χ2v) is 3.75. The molecule has 2 aliphatic rings. The summed E-state index contributed by atoms with van der Waals surface area (Å²) in [5, 5.41) is 3.81. The minimum absolute atomic E-state index is 0.569. The van der Waals surface area contributed by atoms with Crippen molar-refractivity contribution in [1.29, 1.82) is 0 Å². The molecule has 4 nitrogen and oxygen atoms in total. The van der Waals surface area contributed by atoms with Crippen molar-refractivity contribution >= 4 is 23.9 Å². The van der Waals surface area contributed by atoms with Crippen LogP contribution < -0.4 is 9.44 Å². The Balaban J connectivity index is 1.81. The van der Waals surface area contributed by atoms with Gasteiger partial charge in [-0.1, -0.05) is 0 Å². The zero-order valence-electron chi connectivity index (χ0n) is 7.10. The second kappa shape index (κ2) is 4.92. The Morgan fingerprint density at radius 3 is 1.71 bits per heavy atom. The van der Waals surface area contributed by atoms with Crippen LogP contribution in [0.25, 0.3) is 0 Å². The highest BCUT2D eigenvalue weighted by molar-refractivity contribution is 8.00. The van der Waals surface area contributed by atoms with Gasteiger partial charge >= 0.3 is 0 Å². The van der Waals surface area contributed by atoms with E-state index in [1.54, 1.807) is 12.2 Å². The molecule has 0 atom stereocenters. The Labute approximate surface area is 90.3 Å². The molecule has 0 amide bonds. The number of nitrogens with one attached hydrogen (secondary N) is 2. The molecule has 2 heterocycles. The number of rotatable bonds is 3. The normalized spacial score (nSPS) is 18.9. The maximum absolute atomic E-state index is 5.02. The van der Waals surface area contributed by atoms with E-state index in [2.05, 4.69) is 9.44 Å². The van der Waals surface area contributed by atoms with Crippen molar-refractivity contribution in [1.82, 2.24) is 9.44 Å². The molecule has 0 radical (unpaired) electrons. The van der Waals surface area contributed by atoms with E-state index in [0.717, 1.165) is 0 Å². The summed E-state index contributed by atoms with van der Waals surface area (Å²) in [7, 11) is 0. The lowest BCUT2D eigenvalue weighted by Gasteiger charge is -2.13. The molecule has 2 N–H and O–H groups in total. The van der Waals surface area contributed by atoms with Gasteiger partial charge in [0.2, 0.25) is 0 Å². The number of hydrogen-bond acceptors (Lipinski definition) is 6. The Hall–Kier alpha value is -1.14. The molecule has 14 heavy (non-hydrogen) atoms. The molecule has 0 bridgehead atoms. The highest BCUT2D eigenvalue weighted by Crippen LogP contribution is 2.13. The van der Waals surface area contributed by atoms with Crippen LogP contribution in [0, 0.1) is 0 Å². The van der Waals surface area contributed by atoms with Crippen molar-refractivity contribution in [3.63, 3.8) is 0 Å². The van der Waals surface area contributed by atoms with Gasteiger partial charge in [-0.2, -0.15) is 0 Å². The van der Waals surface area contributed by atoms with Gasteiger partial charge in [0.1, 0.15) is 0 Å². The van der Waals surface area contributed by atoms with Crippen LogP contribution in [-0.4, -0.2) is 0 Å². The SMILES string of the molecule is C1=CSNC(OOC2=CC=CSN2)=C1. The van der Waals surface area contributed by atoms with Gasteiger partial charge < -0.3 is 0 Å². The number of allylic oxidation sites excluding steroid dienone is 4. The van der Waals surface area contributed by atoms with Gasteiger partial charge in [0.15, 0.2) is 0 Å².